The van der Waals surface area contributed by atoms with E-state index < -0.39 is 52.4 Å². The molecular weight excluding hydrogens is 445 g/mol. The number of Topliss-reactive ketones (excluding diaryl/α,β-unsaturated/α-hetero) is 1. The number of aliphatic imine (C=N–C) groups is 1. The van der Waals surface area contributed by atoms with Gasteiger partial charge < -0.3 is 15.3 Å². The topological polar surface area (TPSA) is 90.1 Å². The van der Waals surface area contributed by atoms with E-state index in [1.54, 1.807) is 13.8 Å². The number of carbonyl (C=O) groups is 1. The highest BCUT2D eigenvalue weighted by Crippen LogP contribution is 2.70. The van der Waals surface area contributed by atoms with Crippen LogP contribution in [0.3, 0.4) is 0 Å². The molecule has 35 heavy (non-hydrogen) atoms. The maximum atomic E-state index is 17.4. The fourth-order valence-electron chi connectivity index (χ4n) is 8.17. The first-order valence-corrected chi connectivity index (χ1v) is 12.7. The van der Waals surface area contributed by atoms with Gasteiger partial charge in [0.1, 0.15) is 12.2 Å². The molecule has 4 aliphatic rings. The highest BCUT2D eigenvalue weighted by atomic mass is 19.1. The lowest BCUT2D eigenvalue weighted by Crippen LogP contribution is -2.69. The molecule has 0 unspecified atom stereocenters. The van der Waals surface area contributed by atoms with E-state index in [1.807, 2.05) is 56.3 Å². The van der Waals surface area contributed by atoms with Crippen LogP contribution in [-0.4, -0.2) is 50.8 Å². The number of carbonyl (C=O) groups excluding carboxylic acids is 1. The number of para-hydroxylation sites is 1. The number of benzene rings is 1. The van der Waals surface area contributed by atoms with Gasteiger partial charge in [0.25, 0.3) is 0 Å². The number of aliphatic hydroxyl groups excluding tert-OH is 2. The summed E-state index contributed by atoms with van der Waals surface area (Å²) >= 11 is 0. The monoisotopic (exact) mass is 481 g/mol. The van der Waals surface area contributed by atoms with E-state index in [2.05, 4.69) is 0 Å². The molecule has 0 aliphatic heterocycles. The van der Waals surface area contributed by atoms with Gasteiger partial charge in [-0.25, -0.2) is 9.38 Å². The second kappa shape index (κ2) is 7.92. The molecular formula is C29H36FNO4. The molecule has 4 aliphatic carbocycles. The molecule has 3 fully saturated rings. The van der Waals surface area contributed by atoms with Crippen molar-refractivity contribution in [3.8, 4) is 0 Å². The van der Waals surface area contributed by atoms with E-state index in [1.165, 1.54) is 0 Å². The Labute approximate surface area is 206 Å². The molecule has 0 saturated heterocycles. The SMILES string of the molecule is Cc1ccccc1/N=C1\C=C[C@@]2(C)C(=C1)CC[C@H]1[C@@H]3C[C@@H](C)[C@](O)(C(=O)CO)[C@@]3(C)C[C@H](O)[C@@]12F. The van der Waals surface area contributed by atoms with Crippen LogP contribution < -0.4 is 0 Å². The van der Waals surface area contributed by atoms with Crippen molar-refractivity contribution in [2.45, 2.75) is 70.8 Å². The van der Waals surface area contributed by atoms with Gasteiger partial charge in [-0.05, 0) is 75.1 Å². The average molecular weight is 482 g/mol. The predicted molar refractivity (Wildman–Crippen MR) is 133 cm³/mol. The molecule has 0 radical (unpaired) electrons. The lowest BCUT2D eigenvalue weighted by atomic mass is 9.44. The lowest BCUT2D eigenvalue weighted by Gasteiger charge is -2.62. The summed E-state index contributed by atoms with van der Waals surface area (Å²) in [7, 11) is 0. The van der Waals surface area contributed by atoms with Crippen LogP contribution in [0.4, 0.5) is 10.1 Å². The molecule has 8 atom stereocenters. The Morgan fingerprint density at radius 2 is 1.94 bits per heavy atom. The Kier molecular flexibility index (Phi) is 5.56. The number of fused-ring (bicyclic) bond motifs is 5. The molecule has 0 aromatic heterocycles. The molecule has 0 bridgehead atoms. The van der Waals surface area contributed by atoms with E-state index >= 15 is 4.39 Å². The molecule has 0 heterocycles. The van der Waals surface area contributed by atoms with E-state index in [9.17, 15) is 20.1 Å². The Morgan fingerprint density at radius 1 is 1.23 bits per heavy atom. The minimum atomic E-state index is -1.93. The Morgan fingerprint density at radius 3 is 2.63 bits per heavy atom. The second-order valence-electron chi connectivity index (χ2n) is 11.7. The quantitative estimate of drug-likeness (QED) is 0.597. The molecule has 3 N–H and O–H groups in total. The molecule has 1 aromatic rings. The number of hydrogen-bond acceptors (Lipinski definition) is 5. The molecule has 0 spiro atoms. The number of rotatable bonds is 3. The third-order valence-corrected chi connectivity index (χ3v) is 10.2. The normalized spacial score (nSPS) is 45.5. The molecule has 3 saturated carbocycles. The van der Waals surface area contributed by atoms with Crippen LogP contribution in [0, 0.1) is 35.5 Å². The zero-order chi connectivity index (χ0) is 25.4. The number of aliphatic hydroxyl groups is 3. The number of aryl methyl sites for hydroxylation is 1. The number of nitrogens with zero attached hydrogens (tertiary/aromatic N) is 1. The van der Waals surface area contributed by atoms with Gasteiger partial charge in [0.15, 0.2) is 11.5 Å². The molecule has 1 aromatic carbocycles. The Bertz CT molecular complexity index is 1160. The van der Waals surface area contributed by atoms with Crippen molar-refractivity contribution in [1.29, 1.82) is 0 Å². The second-order valence-corrected chi connectivity index (χ2v) is 11.7. The van der Waals surface area contributed by atoms with Crippen LogP contribution in [-0.2, 0) is 4.79 Å². The van der Waals surface area contributed by atoms with Crippen molar-refractivity contribution in [2.75, 3.05) is 6.61 Å². The first kappa shape index (κ1) is 24.5. The number of hydrogen-bond donors (Lipinski definition) is 3. The van der Waals surface area contributed by atoms with Crippen molar-refractivity contribution in [3.63, 3.8) is 0 Å². The van der Waals surface area contributed by atoms with E-state index in [0.717, 1.165) is 22.5 Å². The van der Waals surface area contributed by atoms with E-state index in [-0.39, 0.29) is 12.3 Å². The average Bonchev–Trinajstić information content (AvgIpc) is 3.02. The van der Waals surface area contributed by atoms with Gasteiger partial charge in [-0.3, -0.25) is 4.79 Å². The Hall–Kier alpha value is -2.15. The molecule has 188 valence electrons. The smallest absolute Gasteiger partial charge is 0.190 e. The fraction of sp³-hybridized carbons (Fsp3) is 0.586. The summed E-state index contributed by atoms with van der Waals surface area (Å²) in [4.78, 5) is 17.5. The van der Waals surface area contributed by atoms with Gasteiger partial charge in [0.05, 0.1) is 17.5 Å². The van der Waals surface area contributed by atoms with Crippen LogP contribution in [0.1, 0.15) is 52.0 Å². The maximum Gasteiger partial charge on any atom is 0.190 e. The largest absolute Gasteiger partial charge is 0.390 e. The first-order chi connectivity index (χ1) is 16.4. The summed E-state index contributed by atoms with van der Waals surface area (Å²) in [5.74, 6) is -1.85. The standard InChI is InChI=1S/C29H36FNO4/c1-17-7-5-6-8-23(17)31-20-11-12-26(3)19(14-20)9-10-21-22-13-18(2)29(35,25(34)16-32)27(22,4)15-24(33)28(21,26)30/h5-8,11-12,14,18,21-22,24,32-33,35H,9-10,13,15-16H2,1-4H3/b31-20+/t18-,21+,22+,24+,26+,27+,28+,29+/m1/s1. The zero-order valence-electron chi connectivity index (χ0n) is 21.0. The minimum Gasteiger partial charge on any atom is -0.390 e. The van der Waals surface area contributed by atoms with Gasteiger partial charge in [-0.1, -0.05) is 43.7 Å². The van der Waals surface area contributed by atoms with Gasteiger partial charge in [-0.2, -0.15) is 0 Å². The predicted octanol–water partition coefficient (Wildman–Crippen LogP) is 4.41. The van der Waals surface area contributed by atoms with Crippen LogP contribution in [0.25, 0.3) is 0 Å². The first-order valence-electron chi connectivity index (χ1n) is 12.7. The van der Waals surface area contributed by atoms with Crippen molar-refractivity contribution in [1.82, 2.24) is 0 Å². The van der Waals surface area contributed by atoms with Gasteiger partial charge in [0.2, 0.25) is 0 Å². The van der Waals surface area contributed by atoms with E-state index in [4.69, 9.17) is 4.99 Å². The Balaban J connectivity index is 1.54. The van der Waals surface area contributed by atoms with Crippen molar-refractivity contribution in [2.24, 2.45) is 33.6 Å². The minimum absolute atomic E-state index is 0.0296. The number of alkyl halides is 1. The van der Waals surface area contributed by atoms with Gasteiger partial charge in [-0.15, -0.1) is 0 Å². The molecule has 6 heteroatoms. The maximum absolute atomic E-state index is 17.4. The van der Waals surface area contributed by atoms with Crippen molar-refractivity contribution in [3.05, 3.63) is 53.6 Å². The van der Waals surface area contributed by atoms with Crippen LogP contribution >= 0.6 is 0 Å². The highest BCUT2D eigenvalue weighted by Gasteiger charge is 2.75. The van der Waals surface area contributed by atoms with E-state index in [0.29, 0.717) is 19.3 Å². The molecule has 5 rings (SSSR count). The van der Waals surface area contributed by atoms with Crippen molar-refractivity contribution >= 4 is 17.2 Å². The number of allylic oxidation sites excluding steroid dienone is 4. The third kappa shape index (κ3) is 3.03. The van der Waals surface area contributed by atoms with Crippen molar-refractivity contribution < 1.29 is 24.5 Å². The summed E-state index contributed by atoms with van der Waals surface area (Å²) in [6, 6.07) is 7.87. The fourth-order valence-corrected chi connectivity index (χ4v) is 8.17. The summed E-state index contributed by atoms with van der Waals surface area (Å²) < 4.78 is 17.4. The highest BCUT2D eigenvalue weighted by molar-refractivity contribution is 6.07. The van der Waals surface area contributed by atoms with Crippen LogP contribution in [0.2, 0.25) is 0 Å². The number of halogens is 1. The molecule has 5 nitrogen and oxygen atoms in total. The van der Waals surface area contributed by atoms with Gasteiger partial charge >= 0.3 is 0 Å². The number of ketones is 1. The zero-order valence-corrected chi connectivity index (χ0v) is 21.0. The molecule has 0 amide bonds. The van der Waals surface area contributed by atoms with Crippen LogP contribution in [0.5, 0.6) is 0 Å². The summed E-state index contributed by atoms with van der Waals surface area (Å²) in [6.45, 7) is 6.71. The summed E-state index contributed by atoms with van der Waals surface area (Å²) in [5.41, 5.74) is -2.10. The summed E-state index contributed by atoms with van der Waals surface area (Å²) in [5, 5.41) is 32.6. The van der Waals surface area contributed by atoms with Crippen LogP contribution in [0.15, 0.2) is 53.1 Å². The van der Waals surface area contributed by atoms with Gasteiger partial charge in [0, 0.05) is 16.7 Å². The lowest BCUT2D eigenvalue weighted by molar-refractivity contribution is -0.219. The summed E-state index contributed by atoms with van der Waals surface area (Å²) in [6.07, 6.45) is 5.96. The third-order valence-electron chi connectivity index (χ3n) is 10.2.